The molecule has 0 bridgehead atoms. The summed E-state index contributed by atoms with van der Waals surface area (Å²) in [5.74, 6) is 0.159. The Hall–Kier alpha value is -0.870. The number of nitrogens with one attached hydrogen (secondary N) is 1. The Morgan fingerprint density at radius 1 is 1.44 bits per heavy atom. The molecule has 0 aliphatic rings. The molecule has 0 heterocycles. The van der Waals surface area contributed by atoms with E-state index in [-0.39, 0.29) is 5.91 Å². The van der Waals surface area contributed by atoms with Crippen molar-refractivity contribution in [1.82, 2.24) is 10.2 Å². The van der Waals surface area contributed by atoms with Crippen LogP contribution in [0.1, 0.15) is 31.4 Å². The van der Waals surface area contributed by atoms with Crippen LogP contribution < -0.4 is 5.32 Å². The van der Waals surface area contributed by atoms with Crippen molar-refractivity contribution in [2.45, 2.75) is 25.8 Å². The molecule has 0 aromatic heterocycles. The van der Waals surface area contributed by atoms with Crippen LogP contribution in [0.5, 0.6) is 0 Å². The molecule has 18 heavy (non-hydrogen) atoms. The lowest BCUT2D eigenvalue weighted by atomic mass is 10.0. The predicted octanol–water partition coefficient (Wildman–Crippen LogP) is 2.97. The number of hydrogen-bond donors (Lipinski definition) is 1. The molecule has 1 aromatic rings. The smallest absolute Gasteiger partial charge is 0.223 e. The van der Waals surface area contributed by atoms with Gasteiger partial charge in [-0.25, -0.2) is 0 Å². The van der Waals surface area contributed by atoms with Gasteiger partial charge in [0.2, 0.25) is 5.91 Å². The van der Waals surface area contributed by atoms with Gasteiger partial charge in [-0.05, 0) is 24.1 Å². The van der Waals surface area contributed by atoms with Gasteiger partial charge in [0.05, 0.1) is 0 Å². The molecule has 1 aromatic carbocycles. The van der Waals surface area contributed by atoms with E-state index in [1.54, 1.807) is 19.0 Å². The molecule has 4 heteroatoms. The van der Waals surface area contributed by atoms with Crippen molar-refractivity contribution in [3.05, 3.63) is 34.3 Å². The zero-order chi connectivity index (χ0) is 13.5. The van der Waals surface area contributed by atoms with Crippen molar-refractivity contribution < 1.29 is 4.79 Å². The Morgan fingerprint density at radius 2 is 2.17 bits per heavy atom. The monoisotopic (exact) mass is 312 g/mol. The molecule has 0 saturated heterocycles. The number of carbonyl (C=O) groups is 1. The average Bonchev–Trinajstić information content (AvgIpc) is 2.34. The Bertz CT molecular complexity index is 393. The van der Waals surface area contributed by atoms with Crippen molar-refractivity contribution in [3.8, 4) is 0 Å². The van der Waals surface area contributed by atoms with Gasteiger partial charge in [0.25, 0.3) is 0 Å². The predicted molar refractivity (Wildman–Crippen MR) is 78.5 cm³/mol. The molecule has 0 fully saturated rings. The number of amides is 1. The highest BCUT2D eigenvalue weighted by Gasteiger charge is 2.10. The lowest BCUT2D eigenvalue weighted by molar-refractivity contribution is -0.128. The van der Waals surface area contributed by atoms with Gasteiger partial charge in [0.15, 0.2) is 0 Å². The first kappa shape index (κ1) is 15.2. The largest absolute Gasteiger partial charge is 0.349 e. The van der Waals surface area contributed by atoms with Crippen LogP contribution in [0.2, 0.25) is 0 Å². The number of carbonyl (C=O) groups excluding carboxylic acids is 1. The molecule has 1 atom stereocenters. The van der Waals surface area contributed by atoms with E-state index in [9.17, 15) is 4.79 Å². The Kier molecular flexibility index (Phi) is 6.36. The van der Waals surface area contributed by atoms with Gasteiger partial charge < -0.3 is 10.2 Å². The molecular weight excluding hydrogens is 292 g/mol. The van der Waals surface area contributed by atoms with Gasteiger partial charge in [0.1, 0.15) is 0 Å². The molecule has 100 valence electrons. The fourth-order valence-electron chi connectivity index (χ4n) is 1.80. The highest BCUT2D eigenvalue weighted by Crippen LogP contribution is 2.20. The van der Waals surface area contributed by atoms with E-state index in [0.717, 1.165) is 10.9 Å². The topological polar surface area (TPSA) is 32.3 Å². The molecule has 0 radical (unpaired) electrons. The van der Waals surface area contributed by atoms with Crippen molar-refractivity contribution >= 4 is 21.8 Å². The fraction of sp³-hybridized carbons (Fsp3) is 0.500. The van der Waals surface area contributed by atoms with Crippen LogP contribution >= 0.6 is 15.9 Å². The summed E-state index contributed by atoms with van der Waals surface area (Å²) in [7, 11) is 3.57. The quantitative estimate of drug-likeness (QED) is 0.876. The fourth-order valence-corrected chi connectivity index (χ4v) is 2.22. The minimum absolute atomic E-state index is 0.159. The second kappa shape index (κ2) is 7.54. The second-order valence-corrected chi connectivity index (χ2v) is 5.42. The Labute approximate surface area is 118 Å². The molecular formula is C14H21BrN2O. The van der Waals surface area contributed by atoms with E-state index in [0.29, 0.717) is 19.0 Å². The summed E-state index contributed by atoms with van der Waals surface area (Å²) >= 11 is 3.48. The molecule has 1 unspecified atom stereocenters. The highest BCUT2D eigenvalue weighted by molar-refractivity contribution is 9.10. The SMILES string of the molecule is CCC(NCCC(=O)N(C)C)c1cccc(Br)c1. The third kappa shape index (κ3) is 4.78. The standard InChI is InChI=1S/C14H21BrN2O/c1-4-13(11-6-5-7-12(15)10-11)16-9-8-14(18)17(2)3/h5-7,10,13,16H,4,8-9H2,1-3H3. The van der Waals surface area contributed by atoms with Gasteiger partial charge >= 0.3 is 0 Å². The molecule has 1 amide bonds. The van der Waals surface area contributed by atoms with Crippen molar-refractivity contribution in [2.75, 3.05) is 20.6 Å². The maximum absolute atomic E-state index is 11.5. The van der Waals surface area contributed by atoms with Gasteiger partial charge in [-0.2, -0.15) is 0 Å². The minimum Gasteiger partial charge on any atom is -0.349 e. The number of hydrogen-bond acceptors (Lipinski definition) is 2. The molecule has 3 nitrogen and oxygen atoms in total. The molecule has 1 rings (SSSR count). The van der Waals surface area contributed by atoms with E-state index >= 15 is 0 Å². The summed E-state index contributed by atoms with van der Waals surface area (Å²) in [4.78, 5) is 13.1. The maximum atomic E-state index is 11.5. The van der Waals surface area contributed by atoms with E-state index in [2.05, 4.69) is 40.3 Å². The summed E-state index contributed by atoms with van der Waals surface area (Å²) in [6.07, 6.45) is 1.55. The van der Waals surface area contributed by atoms with Crippen molar-refractivity contribution in [2.24, 2.45) is 0 Å². The maximum Gasteiger partial charge on any atom is 0.223 e. The van der Waals surface area contributed by atoms with Gasteiger partial charge in [-0.1, -0.05) is 35.0 Å². The van der Waals surface area contributed by atoms with E-state index in [1.165, 1.54) is 5.56 Å². The van der Waals surface area contributed by atoms with Crippen LogP contribution in [0.25, 0.3) is 0 Å². The summed E-state index contributed by atoms with van der Waals surface area (Å²) in [5, 5.41) is 3.43. The van der Waals surface area contributed by atoms with Gasteiger partial charge in [0, 0.05) is 37.6 Å². The molecule has 0 aliphatic heterocycles. The second-order valence-electron chi connectivity index (χ2n) is 4.51. The summed E-state index contributed by atoms with van der Waals surface area (Å²) in [6, 6.07) is 8.59. The molecule has 0 aliphatic carbocycles. The first-order valence-corrected chi connectivity index (χ1v) is 7.03. The zero-order valence-electron chi connectivity index (χ0n) is 11.2. The minimum atomic E-state index is 0.159. The number of nitrogens with zero attached hydrogens (tertiary/aromatic N) is 1. The normalized spacial score (nSPS) is 12.2. The third-order valence-corrected chi connectivity index (χ3v) is 3.38. The van der Waals surface area contributed by atoms with Crippen LogP contribution in [0, 0.1) is 0 Å². The average molecular weight is 313 g/mol. The Morgan fingerprint density at radius 3 is 2.72 bits per heavy atom. The zero-order valence-corrected chi connectivity index (χ0v) is 12.8. The molecule has 0 spiro atoms. The summed E-state index contributed by atoms with van der Waals surface area (Å²) in [6.45, 7) is 2.86. The first-order valence-electron chi connectivity index (χ1n) is 6.23. The molecule has 0 saturated carbocycles. The highest BCUT2D eigenvalue weighted by atomic mass is 79.9. The molecule has 1 N–H and O–H groups in total. The van der Waals surface area contributed by atoms with Crippen LogP contribution in [0.15, 0.2) is 28.7 Å². The third-order valence-electron chi connectivity index (χ3n) is 2.89. The van der Waals surface area contributed by atoms with Crippen molar-refractivity contribution in [1.29, 1.82) is 0 Å². The summed E-state index contributed by atoms with van der Waals surface area (Å²) in [5.41, 5.74) is 1.25. The number of benzene rings is 1. The van der Waals surface area contributed by atoms with E-state index < -0.39 is 0 Å². The van der Waals surface area contributed by atoms with Gasteiger partial charge in [-0.15, -0.1) is 0 Å². The van der Waals surface area contributed by atoms with Gasteiger partial charge in [-0.3, -0.25) is 4.79 Å². The van der Waals surface area contributed by atoms with E-state index in [4.69, 9.17) is 0 Å². The van der Waals surface area contributed by atoms with Crippen molar-refractivity contribution in [3.63, 3.8) is 0 Å². The van der Waals surface area contributed by atoms with Crippen LogP contribution in [0.4, 0.5) is 0 Å². The Balaban J connectivity index is 2.50. The van der Waals surface area contributed by atoms with E-state index in [1.807, 2.05) is 12.1 Å². The summed E-state index contributed by atoms with van der Waals surface area (Å²) < 4.78 is 1.09. The first-order chi connectivity index (χ1) is 8.54. The number of halogens is 1. The van der Waals surface area contributed by atoms with Crippen LogP contribution in [0.3, 0.4) is 0 Å². The lowest BCUT2D eigenvalue weighted by Crippen LogP contribution is -2.28. The van der Waals surface area contributed by atoms with Crippen LogP contribution in [-0.2, 0) is 4.79 Å². The number of rotatable bonds is 6. The lowest BCUT2D eigenvalue weighted by Gasteiger charge is -2.18. The van der Waals surface area contributed by atoms with Crippen LogP contribution in [-0.4, -0.2) is 31.4 Å².